The molecule has 0 radical (unpaired) electrons. The number of nitriles is 1. The molecule has 1 saturated heterocycles. The molecular weight excluding hydrogens is 200 g/mol. The van der Waals surface area contributed by atoms with Crippen molar-refractivity contribution in [3.63, 3.8) is 0 Å². The highest BCUT2D eigenvalue weighted by atomic mass is 35.5. The van der Waals surface area contributed by atoms with Crippen LogP contribution in [-0.4, -0.2) is 28.0 Å². The Kier molecular flexibility index (Phi) is 2.71. The van der Waals surface area contributed by atoms with E-state index >= 15 is 0 Å². The average molecular weight is 211 g/mol. The minimum atomic E-state index is -0.271. The lowest BCUT2D eigenvalue weighted by molar-refractivity contribution is 0.290. The summed E-state index contributed by atoms with van der Waals surface area (Å²) in [5.41, 5.74) is 0.719. The zero-order valence-corrected chi connectivity index (χ0v) is 8.46. The summed E-state index contributed by atoms with van der Waals surface area (Å²) in [5, 5.41) is 9.49. The van der Waals surface area contributed by atoms with Crippen LogP contribution in [-0.2, 0) is 0 Å². The maximum Gasteiger partial charge on any atom is 0.152 e. The number of likely N-dealkylation sites (tertiary alicyclic amines) is 1. The SMILES string of the molecule is N#CC(c1[nH]cnc1Cl)N1CCCC1. The van der Waals surface area contributed by atoms with Crippen LogP contribution in [0.25, 0.3) is 0 Å². The summed E-state index contributed by atoms with van der Waals surface area (Å²) in [6, 6.07) is 1.99. The largest absolute Gasteiger partial charge is 0.345 e. The highest BCUT2D eigenvalue weighted by Gasteiger charge is 2.26. The minimum absolute atomic E-state index is 0.271. The molecular formula is C9H11ClN4. The molecule has 1 atom stereocenters. The van der Waals surface area contributed by atoms with Gasteiger partial charge in [0.15, 0.2) is 5.15 Å². The van der Waals surface area contributed by atoms with Crippen molar-refractivity contribution in [3.05, 3.63) is 17.2 Å². The second-order valence-electron chi connectivity index (χ2n) is 3.38. The normalized spacial score (nSPS) is 19.4. The van der Waals surface area contributed by atoms with Crippen molar-refractivity contribution < 1.29 is 0 Å². The Bertz CT molecular complexity index is 348. The fraction of sp³-hybridized carbons (Fsp3) is 0.556. The smallest absolute Gasteiger partial charge is 0.152 e. The van der Waals surface area contributed by atoms with Gasteiger partial charge in [0.25, 0.3) is 0 Å². The molecule has 1 unspecified atom stereocenters. The van der Waals surface area contributed by atoms with E-state index in [9.17, 15) is 0 Å². The molecule has 1 fully saturated rings. The van der Waals surface area contributed by atoms with Crippen molar-refractivity contribution in [2.24, 2.45) is 0 Å². The number of rotatable bonds is 2. The third-order valence-corrected chi connectivity index (χ3v) is 2.82. The lowest BCUT2D eigenvalue weighted by Gasteiger charge is -2.19. The van der Waals surface area contributed by atoms with E-state index < -0.39 is 0 Å². The quantitative estimate of drug-likeness (QED) is 0.809. The fourth-order valence-electron chi connectivity index (χ4n) is 1.81. The van der Waals surface area contributed by atoms with Crippen LogP contribution in [0.15, 0.2) is 6.33 Å². The Morgan fingerprint density at radius 2 is 2.29 bits per heavy atom. The molecule has 0 bridgehead atoms. The Balaban J connectivity index is 2.22. The molecule has 2 rings (SSSR count). The Labute approximate surface area is 87.5 Å². The topological polar surface area (TPSA) is 55.7 Å². The van der Waals surface area contributed by atoms with E-state index in [-0.39, 0.29) is 6.04 Å². The second kappa shape index (κ2) is 3.99. The summed E-state index contributed by atoms with van der Waals surface area (Å²) in [5.74, 6) is 0. The lowest BCUT2D eigenvalue weighted by Crippen LogP contribution is -2.24. The van der Waals surface area contributed by atoms with Gasteiger partial charge in [-0.25, -0.2) is 4.98 Å². The molecule has 5 heteroatoms. The monoisotopic (exact) mass is 210 g/mol. The number of aromatic nitrogens is 2. The molecule has 1 N–H and O–H groups in total. The van der Waals surface area contributed by atoms with Crippen molar-refractivity contribution in [1.29, 1.82) is 5.26 Å². The molecule has 74 valence electrons. The third kappa shape index (κ3) is 1.61. The van der Waals surface area contributed by atoms with Gasteiger partial charge in [-0.05, 0) is 25.9 Å². The van der Waals surface area contributed by atoms with Crippen LogP contribution < -0.4 is 0 Å². The van der Waals surface area contributed by atoms with Crippen LogP contribution in [0.5, 0.6) is 0 Å². The van der Waals surface area contributed by atoms with Gasteiger partial charge in [0.1, 0.15) is 6.04 Å². The van der Waals surface area contributed by atoms with Crippen molar-refractivity contribution >= 4 is 11.6 Å². The van der Waals surface area contributed by atoms with Gasteiger partial charge >= 0.3 is 0 Å². The van der Waals surface area contributed by atoms with E-state index in [0.717, 1.165) is 31.6 Å². The van der Waals surface area contributed by atoms with E-state index in [4.69, 9.17) is 16.9 Å². The van der Waals surface area contributed by atoms with Gasteiger partial charge < -0.3 is 4.98 Å². The molecule has 1 aliphatic heterocycles. The van der Waals surface area contributed by atoms with Gasteiger partial charge in [-0.2, -0.15) is 5.26 Å². The summed E-state index contributed by atoms with van der Waals surface area (Å²) >= 11 is 5.87. The first-order valence-electron chi connectivity index (χ1n) is 4.65. The summed E-state index contributed by atoms with van der Waals surface area (Å²) in [6.45, 7) is 1.93. The standard InChI is InChI=1S/C9H11ClN4/c10-9-8(12-6-13-9)7(5-11)14-3-1-2-4-14/h6-7H,1-4H2,(H,12,13). The molecule has 1 aromatic heterocycles. The van der Waals surface area contributed by atoms with E-state index in [1.54, 1.807) is 0 Å². The fourth-order valence-corrected chi connectivity index (χ4v) is 2.01. The van der Waals surface area contributed by atoms with Crippen molar-refractivity contribution in [1.82, 2.24) is 14.9 Å². The number of nitrogens with zero attached hydrogens (tertiary/aromatic N) is 3. The van der Waals surface area contributed by atoms with Crippen molar-refractivity contribution in [2.75, 3.05) is 13.1 Å². The molecule has 0 amide bonds. The van der Waals surface area contributed by atoms with Crippen LogP contribution in [0, 0.1) is 11.3 Å². The van der Waals surface area contributed by atoms with Gasteiger partial charge in [0, 0.05) is 0 Å². The molecule has 1 aliphatic rings. The molecule has 0 spiro atoms. The van der Waals surface area contributed by atoms with Gasteiger partial charge in [-0.1, -0.05) is 11.6 Å². The number of halogens is 1. The lowest BCUT2D eigenvalue weighted by atomic mass is 10.2. The number of aromatic amines is 1. The van der Waals surface area contributed by atoms with Crippen molar-refractivity contribution in [3.8, 4) is 6.07 Å². The van der Waals surface area contributed by atoms with Crippen LogP contribution in [0.4, 0.5) is 0 Å². The summed E-state index contributed by atoms with van der Waals surface area (Å²) < 4.78 is 0. The Hall–Kier alpha value is -1.05. The average Bonchev–Trinajstić information content (AvgIpc) is 2.80. The van der Waals surface area contributed by atoms with Gasteiger partial charge in [0.2, 0.25) is 0 Å². The highest BCUT2D eigenvalue weighted by molar-refractivity contribution is 6.30. The molecule has 0 saturated carbocycles. The first kappa shape index (κ1) is 9.50. The summed E-state index contributed by atoms with van der Waals surface area (Å²) in [7, 11) is 0. The molecule has 1 aromatic rings. The maximum atomic E-state index is 9.08. The number of hydrogen-bond donors (Lipinski definition) is 1. The highest BCUT2D eigenvalue weighted by Crippen LogP contribution is 2.26. The van der Waals surface area contributed by atoms with E-state index in [1.807, 2.05) is 0 Å². The van der Waals surface area contributed by atoms with E-state index in [1.165, 1.54) is 6.33 Å². The zero-order valence-electron chi connectivity index (χ0n) is 7.70. The van der Waals surface area contributed by atoms with Crippen LogP contribution >= 0.6 is 11.6 Å². The summed E-state index contributed by atoms with van der Waals surface area (Å²) in [6.07, 6.45) is 3.84. The van der Waals surface area contributed by atoms with Gasteiger partial charge in [-0.3, -0.25) is 4.90 Å². The minimum Gasteiger partial charge on any atom is -0.345 e. The molecule has 2 heterocycles. The third-order valence-electron chi connectivity index (χ3n) is 2.52. The van der Waals surface area contributed by atoms with Crippen LogP contribution in [0.1, 0.15) is 24.6 Å². The predicted octanol–water partition coefficient (Wildman–Crippen LogP) is 1.72. The number of H-pyrrole nitrogens is 1. The second-order valence-corrected chi connectivity index (χ2v) is 3.74. The number of imidazole rings is 1. The molecule has 0 aromatic carbocycles. The molecule has 4 nitrogen and oxygen atoms in total. The molecule has 0 aliphatic carbocycles. The van der Waals surface area contributed by atoms with Crippen LogP contribution in [0.2, 0.25) is 5.15 Å². The maximum absolute atomic E-state index is 9.08. The predicted molar refractivity (Wildman–Crippen MR) is 52.8 cm³/mol. The Morgan fingerprint density at radius 1 is 1.57 bits per heavy atom. The van der Waals surface area contributed by atoms with Crippen LogP contribution in [0.3, 0.4) is 0 Å². The first-order chi connectivity index (χ1) is 6.83. The van der Waals surface area contributed by atoms with E-state index in [0.29, 0.717) is 5.15 Å². The van der Waals surface area contributed by atoms with Crippen molar-refractivity contribution in [2.45, 2.75) is 18.9 Å². The zero-order chi connectivity index (χ0) is 9.97. The van der Waals surface area contributed by atoms with E-state index in [2.05, 4.69) is 20.9 Å². The van der Waals surface area contributed by atoms with Gasteiger partial charge in [0.05, 0.1) is 18.1 Å². The Morgan fingerprint density at radius 3 is 2.79 bits per heavy atom. The van der Waals surface area contributed by atoms with Gasteiger partial charge in [-0.15, -0.1) is 0 Å². The summed E-state index contributed by atoms with van der Waals surface area (Å²) in [4.78, 5) is 8.94. The number of hydrogen-bond acceptors (Lipinski definition) is 3. The first-order valence-corrected chi connectivity index (χ1v) is 5.03. The number of nitrogens with one attached hydrogen (secondary N) is 1. The molecule has 14 heavy (non-hydrogen) atoms.